The summed E-state index contributed by atoms with van der Waals surface area (Å²) in [5.74, 6) is 0.248. The molecule has 1 aromatic rings. The number of carbonyl (C=O) groups excluding carboxylic acids is 1. The molecular weight excluding hydrogens is 295 g/mol. The highest BCUT2D eigenvalue weighted by atomic mass is 19.4. The molecule has 0 atom stereocenters. The Labute approximate surface area is 130 Å². The van der Waals surface area contributed by atoms with Crippen molar-refractivity contribution in [2.45, 2.75) is 40.3 Å². The fourth-order valence-corrected chi connectivity index (χ4v) is 1.36. The molecule has 0 saturated carbocycles. The maximum Gasteiger partial charge on any atom is 0.416 e. The Hall–Kier alpha value is -1.56. The zero-order valence-corrected chi connectivity index (χ0v) is 13.7. The fourth-order valence-electron chi connectivity index (χ4n) is 1.36. The molecule has 0 saturated heterocycles. The molecule has 22 heavy (non-hydrogen) atoms. The van der Waals surface area contributed by atoms with Gasteiger partial charge in [-0.05, 0) is 43.5 Å². The predicted octanol–water partition coefficient (Wildman–Crippen LogP) is 4.30. The van der Waals surface area contributed by atoms with Crippen LogP contribution < -0.4 is 10.5 Å². The topological polar surface area (TPSA) is 52.3 Å². The highest BCUT2D eigenvalue weighted by molar-refractivity contribution is 5.30. The van der Waals surface area contributed by atoms with Crippen molar-refractivity contribution in [3.8, 4) is 5.75 Å². The Morgan fingerprint density at radius 2 is 1.73 bits per heavy atom. The molecule has 2 N–H and O–H groups in total. The predicted molar refractivity (Wildman–Crippen MR) is 82.9 cm³/mol. The molecule has 0 spiro atoms. The molecule has 0 heterocycles. The largest absolute Gasteiger partial charge is 0.494 e. The van der Waals surface area contributed by atoms with Gasteiger partial charge in [-0.3, -0.25) is 0 Å². The van der Waals surface area contributed by atoms with Crippen molar-refractivity contribution in [1.82, 2.24) is 0 Å². The summed E-state index contributed by atoms with van der Waals surface area (Å²) >= 11 is 0. The molecule has 0 fully saturated rings. The van der Waals surface area contributed by atoms with Gasteiger partial charge in [0.1, 0.15) is 12.5 Å². The third-order valence-electron chi connectivity index (χ3n) is 2.37. The highest BCUT2D eigenvalue weighted by Gasteiger charge is 2.30. The number of nitrogens with two attached hydrogens (primary N) is 1. The molecule has 128 valence electrons. The first kappa shape index (κ1) is 22.7. The SMILES string of the molecule is C=O.CC(C)(C)CCN.CCOc1cccc(C(F)(F)F)c1. The molecule has 0 bridgehead atoms. The molecule has 3 nitrogen and oxygen atoms in total. The van der Waals surface area contributed by atoms with Crippen LogP contribution in [0.2, 0.25) is 0 Å². The summed E-state index contributed by atoms with van der Waals surface area (Å²) in [5, 5.41) is 0. The molecule has 0 radical (unpaired) electrons. The standard InChI is InChI=1S/C9H9F3O.C6H15N.CH2O/c1-2-13-8-5-3-4-7(6-8)9(10,11)12;1-6(2,3)4-5-7;1-2/h3-6H,2H2,1H3;4-5,7H2,1-3H3;1H2. The van der Waals surface area contributed by atoms with E-state index in [1.54, 1.807) is 6.92 Å². The van der Waals surface area contributed by atoms with Crippen LogP contribution in [0.4, 0.5) is 13.2 Å². The summed E-state index contributed by atoms with van der Waals surface area (Å²) in [5.41, 5.74) is 5.06. The normalized spacial score (nSPS) is 10.7. The van der Waals surface area contributed by atoms with Crippen molar-refractivity contribution < 1.29 is 22.7 Å². The van der Waals surface area contributed by atoms with E-state index in [2.05, 4.69) is 20.8 Å². The van der Waals surface area contributed by atoms with Gasteiger partial charge >= 0.3 is 6.18 Å². The van der Waals surface area contributed by atoms with E-state index >= 15 is 0 Å². The Morgan fingerprint density at radius 1 is 1.18 bits per heavy atom. The number of hydrogen-bond acceptors (Lipinski definition) is 3. The van der Waals surface area contributed by atoms with Crippen LogP contribution in [0.1, 0.15) is 39.7 Å². The fraction of sp³-hybridized carbons (Fsp3) is 0.562. The van der Waals surface area contributed by atoms with E-state index < -0.39 is 11.7 Å². The second kappa shape index (κ2) is 11.1. The first-order valence-electron chi connectivity index (χ1n) is 6.89. The summed E-state index contributed by atoms with van der Waals surface area (Å²) in [6.45, 7) is 11.5. The zero-order chi connectivity index (χ0) is 17.8. The second-order valence-electron chi connectivity index (χ2n) is 5.56. The van der Waals surface area contributed by atoms with Crippen LogP contribution in [0.25, 0.3) is 0 Å². The van der Waals surface area contributed by atoms with Crippen molar-refractivity contribution >= 4 is 6.79 Å². The van der Waals surface area contributed by atoms with E-state index in [-0.39, 0.29) is 5.75 Å². The number of rotatable bonds is 3. The van der Waals surface area contributed by atoms with Crippen LogP contribution in [-0.4, -0.2) is 19.9 Å². The Kier molecular flexibility index (Phi) is 11.4. The monoisotopic (exact) mass is 321 g/mol. The molecule has 0 amide bonds. The number of halogens is 3. The van der Waals surface area contributed by atoms with Crippen LogP contribution in [0, 0.1) is 5.41 Å². The molecule has 0 aliphatic heterocycles. The van der Waals surface area contributed by atoms with Gasteiger partial charge in [0, 0.05) is 0 Å². The number of benzene rings is 1. The summed E-state index contributed by atoms with van der Waals surface area (Å²) in [6.07, 6.45) is -3.18. The van der Waals surface area contributed by atoms with E-state index in [1.165, 1.54) is 12.1 Å². The molecule has 0 unspecified atom stereocenters. The van der Waals surface area contributed by atoms with Crippen LogP contribution in [0.15, 0.2) is 24.3 Å². The van der Waals surface area contributed by atoms with Gasteiger partial charge in [-0.1, -0.05) is 26.8 Å². The van der Waals surface area contributed by atoms with Crippen LogP contribution in [-0.2, 0) is 11.0 Å². The average molecular weight is 321 g/mol. The number of carbonyl (C=O) groups is 1. The maximum absolute atomic E-state index is 12.2. The summed E-state index contributed by atoms with van der Waals surface area (Å²) in [7, 11) is 0. The van der Waals surface area contributed by atoms with Gasteiger partial charge in [0.2, 0.25) is 0 Å². The van der Waals surface area contributed by atoms with Gasteiger partial charge < -0.3 is 15.3 Å². The summed E-state index contributed by atoms with van der Waals surface area (Å²) in [6, 6.07) is 4.83. The Balaban J connectivity index is 0. The van der Waals surface area contributed by atoms with Gasteiger partial charge in [0.05, 0.1) is 12.2 Å². The van der Waals surface area contributed by atoms with Crippen molar-refractivity contribution in [3.63, 3.8) is 0 Å². The minimum Gasteiger partial charge on any atom is -0.494 e. The van der Waals surface area contributed by atoms with Gasteiger partial charge in [-0.15, -0.1) is 0 Å². The van der Waals surface area contributed by atoms with Crippen LogP contribution in [0.3, 0.4) is 0 Å². The first-order valence-corrected chi connectivity index (χ1v) is 6.89. The number of hydrogen-bond donors (Lipinski definition) is 1. The minimum absolute atomic E-state index is 0.248. The maximum atomic E-state index is 12.2. The van der Waals surface area contributed by atoms with E-state index in [9.17, 15) is 13.2 Å². The lowest BCUT2D eigenvalue weighted by atomic mass is 9.93. The van der Waals surface area contributed by atoms with Crippen molar-refractivity contribution in [3.05, 3.63) is 29.8 Å². The zero-order valence-electron chi connectivity index (χ0n) is 13.7. The molecule has 1 aromatic carbocycles. The van der Waals surface area contributed by atoms with Crippen LogP contribution in [0.5, 0.6) is 5.75 Å². The van der Waals surface area contributed by atoms with Gasteiger partial charge in [0.15, 0.2) is 0 Å². The number of alkyl halides is 3. The van der Waals surface area contributed by atoms with Gasteiger partial charge in [0.25, 0.3) is 0 Å². The minimum atomic E-state index is -4.30. The first-order chi connectivity index (χ1) is 10.1. The average Bonchev–Trinajstić information content (AvgIpc) is 2.40. The van der Waals surface area contributed by atoms with Gasteiger partial charge in [-0.2, -0.15) is 13.2 Å². The molecule has 0 aliphatic carbocycles. The van der Waals surface area contributed by atoms with Crippen LogP contribution >= 0.6 is 0 Å². The van der Waals surface area contributed by atoms with Crippen molar-refractivity contribution in [1.29, 1.82) is 0 Å². The van der Waals surface area contributed by atoms with E-state index in [4.69, 9.17) is 15.3 Å². The third kappa shape index (κ3) is 12.2. The van der Waals surface area contributed by atoms with E-state index in [0.29, 0.717) is 12.0 Å². The number of ether oxygens (including phenoxy) is 1. The lowest BCUT2D eigenvalue weighted by Crippen LogP contribution is -2.12. The molecule has 1 rings (SSSR count). The molecule has 0 aliphatic rings. The van der Waals surface area contributed by atoms with E-state index in [1.807, 2.05) is 6.79 Å². The smallest absolute Gasteiger partial charge is 0.416 e. The Morgan fingerprint density at radius 3 is 2.05 bits per heavy atom. The lowest BCUT2D eigenvalue weighted by Gasteiger charge is -2.15. The third-order valence-corrected chi connectivity index (χ3v) is 2.37. The van der Waals surface area contributed by atoms with E-state index in [0.717, 1.165) is 25.1 Å². The quantitative estimate of drug-likeness (QED) is 0.903. The van der Waals surface area contributed by atoms with Crippen molar-refractivity contribution in [2.75, 3.05) is 13.2 Å². The lowest BCUT2D eigenvalue weighted by molar-refractivity contribution is -0.137. The van der Waals surface area contributed by atoms with Crippen molar-refractivity contribution in [2.24, 2.45) is 11.1 Å². The highest BCUT2D eigenvalue weighted by Crippen LogP contribution is 2.31. The molecule has 0 aromatic heterocycles. The summed E-state index contributed by atoms with van der Waals surface area (Å²) in [4.78, 5) is 8.00. The Bertz CT molecular complexity index is 401. The molecule has 6 heteroatoms. The summed E-state index contributed by atoms with van der Waals surface area (Å²) < 4.78 is 41.4. The molecular formula is C16H26F3NO2. The second-order valence-corrected chi connectivity index (χ2v) is 5.56. The van der Waals surface area contributed by atoms with Gasteiger partial charge in [-0.25, -0.2) is 0 Å².